The zero-order chi connectivity index (χ0) is 6.95. The van der Waals surface area contributed by atoms with E-state index in [1.807, 2.05) is 0 Å². The molecule has 1 rings (SSSR count). The third-order valence-corrected chi connectivity index (χ3v) is 0.957. The van der Waals surface area contributed by atoms with E-state index in [2.05, 4.69) is 24.5 Å². The minimum Gasteiger partial charge on any atom is -0.314 e. The van der Waals surface area contributed by atoms with Gasteiger partial charge < -0.3 is 10.6 Å². The molecule has 60 valence electrons. The van der Waals surface area contributed by atoms with Crippen LogP contribution >= 0.6 is 0 Å². The molecule has 0 aliphatic carbocycles. The molecule has 1 aliphatic rings. The standard InChI is InChI=1S/C4H10N2.C3H8.2H2/c1-2-6-4-3-5-1;1-3-2;;/h5-6H,1-4H2;3H2,1-2H3;2*1H. The molecule has 2 N–H and O–H groups in total. The molecule has 1 heterocycles. The molecule has 2 nitrogen and oxygen atoms in total. The molecule has 1 fully saturated rings. The molecule has 1 saturated heterocycles. The van der Waals surface area contributed by atoms with E-state index in [9.17, 15) is 0 Å². The lowest BCUT2D eigenvalue weighted by Gasteiger charge is -2.11. The Hall–Kier alpha value is -0.0800. The molecule has 9 heavy (non-hydrogen) atoms. The number of hydrogen-bond donors (Lipinski definition) is 2. The van der Waals surface area contributed by atoms with E-state index in [0.29, 0.717) is 0 Å². The van der Waals surface area contributed by atoms with Gasteiger partial charge in [-0.3, -0.25) is 0 Å². The molecule has 0 aromatic rings. The lowest BCUT2D eigenvalue weighted by Crippen LogP contribution is -2.39. The summed E-state index contributed by atoms with van der Waals surface area (Å²) in [6.45, 7) is 8.81. The summed E-state index contributed by atoms with van der Waals surface area (Å²) >= 11 is 0. The van der Waals surface area contributed by atoms with E-state index in [1.165, 1.54) is 6.42 Å². The van der Waals surface area contributed by atoms with Crippen LogP contribution in [0.15, 0.2) is 0 Å². The Morgan fingerprint density at radius 3 is 1.33 bits per heavy atom. The summed E-state index contributed by atoms with van der Waals surface area (Å²) in [6.07, 6.45) is 1.25. The Morgan fingerprint density at radius 1 is 1.00 bits per heavy atom. The second-order valence-electron chi connectivity index (χ2n) is 2.21. The smallest absolute Gasteiger partial charge is 0.00772 e. The van der Waals surface area contributed by atoms with Crippen molar-refractivity contribution in [1.29, 1.82) is 0 Å². The van der Waals surface area contributed by atoms with Crippen LogP contribution in [0.5, 0.6) is 0 Å². The van der Waals surface area contributed by atoms with Gasteiger partial charge in [0.15, 0.2) is 0 Å². The van der Waals surface area contributed by atoms with Gasteiger partial charge >= 0.3 is 0 Å². The molecule has 0 aromatic carbocycles. The first-order valence-electron chi connectivity index (χ1n) is 3.83. The van der Waals surface area contributed by atoms with Gasteiger partial charge in [-0.2, -0.15) is 0 Å². The molecule has 0 atom stereocenters. The quantitative estimate of drug-likeness (QED) is 0.518. The highest BCUT2D eigenvalue weighted by Crippen LogP contribution is 1.65. The van der Waals surface area contributed by atoms with Crippen molar-refractivity contribution >= 4 is 0 Å². The lowest BCUT2D eigenvalue weighted by atomic mass is 10.4. The van der Waals surface area contributed by atoms with Crippen molar-refractivity contribution < 1.29 is 2.85 Å². The number of nitrogens with one attached hydrogen (secondary N) is 2. The third kappa shape index (κ3) is 7.92. The zero-order valence-corrected chi connectivity index (χ0v) is 6.54. The van der Waals surface area contributed by atoms with Crippen LogP contribution in [0.3, 0.4) is 0 Å². The van der Waals surface area contributed by atoms with Crippen LogP contribution in [0.25, 0.3) is 0 Å². The molecular weight excluding hydrogens is 112 g/mol. The predicted octanol–water partition coefficient (Wildman–Crippen LogP) is 1.09. The average molecular weight is 134 g/mol. The third-order valence-electron chi connectivity index (χ3n) is 0.957. The average Bonchev–Trinajstić information content (AvgIpc) is 1.93. The number of piperazine rings is 1. The Labute approximate surface area is 61.0 Å². The van der Waals surface area contributed by atoms with Gasteiger partial charge in [-0.15, -0.1) is 0 Å². The summed E-state index contributed by atoms with van der Waals surface area (Å²) in [6, 6.07) is 0. The normalized spacial score (nSPS) is 18.0. The van der Waals surface area contributed by atoms with Crippen molar-refractivity contribution in [2.75, 3.05) is 26.2 Å². The lowest BCUT2D eigenvalue weighted by molar-refractivity contribution is 0.534. The van der Waals surface area contributed by atoms with Gasteiger partial charge in [-0.1, -0.05) is 20.3 Å². The molecule has 0 aromatic heterocycles. The second-order valence-corrected chi connectivity index (χ2v) is 2.21. The highest BCUT2D eigenvalue weighted by Gasteiger charge is 1.91. The Balaban J connectivity index is -0.000000116. The van der Waals surface area contributed by atoms with Crippen LogP contribution < -0.4 is 10.6 Å². The van der Waals surface area contributed by atoms with Crippen LogP contribution in [0.1, 0.15) is 23.1 Å². The summed E-state index contributed by atoms with van der Waals surface area (Å²) in [5, 5.41) is 6.44. The van der Waals surface area contributed by atoms with E-state index in [0.717, 1.165) is 26.2 Å². The molecule has 0 saturated carbocycles. The topological polar surface area (TPSA) is 24.1 Å². The van der Waals surface area contributed by atoms with Crippen LogP contribution in [0.2, 0.25) is 0 Å². The monoisotopic (exact) mass is 134 g/mol. The zero-order valence-electron chi connectivity index (χ0n) is 6.54. The van der Waals surface area contributed by atoms with E-state index < -0.39 is 0 Å². The summed E-state index contributed by atoms with van der Waals surface area (Å²) in [4.78, 5) is 0. The van der Waals surface area contributed by atoms with Crippen LogP contribution in [-0.2, 0) is 0 Å². The Morgan fingerprint density at radius 2 is 1.22 bits per heavy atom. The molecule has 0 amide bonds. The number of rotatable bonds is 0. The van der Waals surface area contributed by atoms with Gasteiger partial charge in [0.1, 0.15) is 0 Å². The van der Waals surface area contributed by atoms with Crippen molar-refractivity contribution in [3.05, 3.63) is 0 Å². The van der Waals surface area contributed by atoms with E-state index in [4.69, 9.17) is 0 Å². The fourth-order valence-corrected chi connectivity index (χ4v) is 0.604. The van der Waals surface area contributed by atoms with Gasteiger partial charge in [-0.25, -0.2) is 0 Å². The summed E-state index contributed by atoms with van der Waals surface area (Å²) < 4.78 is 0. The first-order chi connectivity index (χ1) is 4.41. The minimum atomic E-state index is 0. The van der Waals surface area contributed by atoms with Crippen LogP contribution in [0, 0.1) is 0 Å². The molecule has 0 bridgehead atoms. The predicted molar refractivity (Wildman–Crippen MR) is 45.9 cm³/mol. The molecule has 1 aliphatic heterocycles. The van der Waals surface area contributed by atoms with Gasteiger partial charge in [0.2, 0.25) is 0 Å². The Kier molecular flexibility index (Phi) is 7.85. The van der Waals surface area contributed by atoms with Crippen molar-refractivity contribution in [2.24, 2.45) is 0 Å². The second kappa shape index (κ2) is 7.92. The SMILES string of the molecule is C1CNCCN1.CCC.[HH].[HH]. The maximum atomic E-state index is 3.22. The molecule has 2 heteroatoms. The van der Waals surface area contributed by atoms with Crippen LogP contribution in [0.4, 0.5) is 0 Å². The van der Waals surface area contributed by atoms with Crippen molar-refractivity contribution in [3.8, 4) is 0 Å². The van der Waals surface area contributed by atoms with Gasteiger partial charge in [0, 0.05) is 29.0 Å². The maximum absolute atomic E-state index is 3.22. The fraction of sp³-hybridized carbons (Fsp3) is 1.00. The number of hydrogen-bond acceptors (Lipinski definition) is 2. The van der Waals surface area contributed by atoms with Gasteiger partial charge in [0.25, 0.3) is 0 Å². The Bertz CT molecular complexity index is 38.2. The van der Waals surface area contributed by atoms with Crippen molar-refractivity contribution in [2.45, 2.75) is 20.3 Å². The van der Waals surface area contributed by atoms with E-state index in [-0.39, 0.29) is 2.85 Å². The van der Waals surface area contributed by atoms with Crippen molar-refractivity contribution in [1.82, 2.24) is 10.6 Å². The maximum Gasteiger partial charge on any atom is 0.00772 e. The van der Waals surface area contributed by atoms with E-state index in [1.54, 1.807) is 0 Å². The van der Waals surface area contributed by atoms with E-state index >= 15 is 0 Å². The molecule has 0 unspecified atom stereocenters. The summed E-state index contributed by atoms with van der Waals surface area (Å²) in [5.41, 5.74) is 0. The highest BCUT2D eigenvalue weighted by molar-refractivity contribution is 4.59. The summed E-state index contributed by atoms with van der Waals surface area (Å²) in [5.74, 6) is 0. The molecular formula is C7H22N2. The van der Waals surface area contributed by atoms with Gasteiger partial charge in [0.05, 0.1) is 0 Å². The largest absolute Gasteiger partial charge is 0.314 e. The molecule has 0 spiro atoms. The minimum absolute atomic E-state index is 0. The van der Waals surface area contributed by atoms with Crippen LogP contribution in [-0.4, -0.2) is 26.2 Å². The highest BCUT2D eigenvalue weighted by atomic mass is 15.0. The summed E-state index contributed by atoms with van der Waals surface area (Å²) in [7, 11) is 0. The molecule has 0 radical (unpaired) electrons. The first-order valence-corrected chi connectivity index (χ1v) is 3.83. The van der Waals surface area contributed by atoms with Crippen molar-refractivity contribution in [3.63, 3.8) is 0 Å². The first kappa shape index (κ1) is 8.92. The van der Waals surface area contributed by atoms with Gasteiger partial charge in [-0.05, 0) is 0 Å². The fourth-order valence-electron chi connectivity index (χ4n) is 0.604.